The summed E-state index contributed by atoms with van der Waals surface area (Å²) in [7, 11) is 1.25. The molecule has 0 saturated heterocycles. The first-order valence-corrected chi connectivity index (χ1v) is 7.52. The van der Waals surface area contributed by atoms with E-state index in [1.807, 2.05) is 0 Å². The van der Waals surface area contributed by atoms with E-state index in [0.717, 1.165) is 4.90 Å². The molecule has 0 fully saturated rings. The van der Waals surface area contributed by atoms with Crippen LogP contribution in [0.1, 0.15) is 28.4 Å². The van der Waals surface area contributed by atoms with Crippen LogP contribution in [0, 0.1) is 0 Å². The number of hydrogen-bond acceptors (Lipinski definition) is 5. The van der Waals surface area contributed by atoms with Crippen LogP contribution in [0.5, 0.6) is 0 Å². The standard InChI is InChI=1S/C19H15NO5/c1-11(21)20-15-10-13(19(24)25-2)8-9-14(15)16(18(20)23)17(22)12-6-4-3-5-7-12/h3-10,22H,1-2H3. The normalized spacial score (nSPS) is 15.0. The molecule has 1 aliphatic rings. The summed E-state index contributed by atoms with van der Waals surface area (Å²) in [6, 6.07) is 13.0. The predicted octanol–water partition coefficient (Wildman–Crippen LogP) is 2.79. The van der Waals surface area contributed by atoms with E-state index < -0.39 is 17.8 Å². The van der Waals surface area contributed by atoms with Crippen LogP contribution in [-0.4, -0.2) is 30.0 Å². The number of fused-ring (bicyclic) bond motifs is 1. The van der Waals surface area contributed by atoms with Crippen LogP contribution in [-0.2, 0) is 14.3 Å². The molecule has 6 nitrogen and oxygen atoms in total. The highest BCUT2D eigenvalue weighted by molar-refractivity contribution is 6.42. The zero-order chi connectivity index (χ0) is 18.1. The molecule has 126 valence electrons. The molecular formula is C19H15NO5. The Morgan fingerprint density at radius 1 is 1.04 bits per heavy atom. The molecule has 3 rings (SSSR count). The van der Waals surface area contributed by atoms with Crippen molar-refractivity contribution in [3.8, 4) is 0 Å². The van der Waals surface area contributed by atoms with Crippen molar-refractivity contribution >= 4 is 34.8 Å². The molecule has 2 aromatic rings. The highest BCUT2D eigenvalue weighted by Crippen LogP contribution is 2.40. The largest absolute Gasteiger partial charge is 0.506 e. The van der Waals surface area contributed by atoms with Crippen LogP contribution in [0.25, 0.3) is 11.3 Å². The molecule has 25 heavy (non-hydrogen) atoms. The number of benzene rings is 2. The van der Waals surface area contributed by atoms with Gasteiger partial charge >= 0.3 is 5.97 Å². The van der Waals surface area contributed by atoms with Gasteiger partial charge in [0.05, 0.1) is 23.9 Å². The SMILES string of the molecule is COC(=O)c1ccc2c(c1)N(C(C)=O)C(=O)C2=C(O)c1ccccc1. The van der Waals surface area contributed by atoms with Crippen LogP contribution in [0.4, 0.5) is 5.69 Å². The first kappa shape index (κ1) is 16.4. The summed E-state index contributed by atoms with van der Waals surface area (Å²) in [5, 5.41) is 10.6. The molecule has 0 saturated carbocycles. The van der Waals surface area contributed by atoms with Gasteiger partial charge in [0.1, 0.15) is 5.76 Å². The number of aliphatic hydroxyl groups excluding tert-OH is 1. The van der Waals surface area contributed by atoms with Crippen molar-refractivity contribution in [2.24, 2.45) is 0 Å². The molecule has 6 heteroatoms. The number of ether oxygens (including phenoxy) is 1. The fraction of sp³-hybridized carbons (Fsp3) is 0.105. The third kappa shape index (κ3) is 2.67. The van der Waals surface area contributed by atoms with Crippen LogP contribution in [0.15, 0.2) is 48.5 Å². The van der Waals surface area contributed by atoms with E-state index in [-0.39, 0.29) is 22.6 Å². The van der Waals surface area contributed by atoms with E-state index >= 15 is 0 Å². The molecule has 0 atom stereocenters. The number of aliphatic hydroxyl groups is 1. The molecule has 0 radical (unpaired) electrons. The number of esters is 1. The van der Waals surface area contributed by atoms with Gasteiger partial charge < -0.3 is 9.84 Å². The molecule has 0 bridgehead atoms. The minimum Gasteiger partial charge on any atom is -0.506 e. The molecule has 0 aromatic heterocycles. The van der Waals surface area contributed by atoms with Crippen LogP contribution in [0.2, 0.25) is 0 Å². The van der Waals surface area contributed by atoms with Crippen molar-refractivity contribution in [1.29, 1.82) is 0 Å². The summed E-state index contributed by atoms with van der Waals surface area (Å²) in [5.74, 6) is -1.94. The molecule has 2 amide bonds. The summed E-state index contributed by atoms with van der Waals surface area (Å²) in [5.41, 5.74) is 1.32. The Balaban J connectivity index is 2.24. The van der Waals surface area contributed by atoms with E-state index in [1.165, 1.54) is 32.2 Å². The number of imide groups is 1. The molecule has 1 aliphatic heterocycles. The Morgan fingerprint density at radius 2 is 1.72 bits per heavy atom. The topological polar surface area (TPSA) is 83.9 Å². The van der Waals surface area contributed by atoms with Crippen LogP contribution >= 0.6 is 0 Å². The number of methoxy groups -OCH3 is 1. The van der Waals surface area contributed by atoms with Gasteiger partial charge in [0.2, 0.25) is 5.91 Å². The number of rotatable bonds is 2. The average Bonchev–Trinajstić information content (AvgIpc) is 2.92. The maximum Gasteiger partial charge on any atom is 0.337 e. The summed E-state index contributed by atoms with van der Waals surface area (Å²) in [4.78, 5) is 37.4. The Hall–Kier alpha value is -3.41. The van der Waals surface area contributed by atoms with Crippen LogP contribution in [0.3, 0.4) is 0 Å². The highest BCUT2D eigenvalue weighted by atomic mass is 16.5. The second kappa shape index (κ2) is 6.24. The van der Waals surface area contributed by atoms with Crippen molar-refractivity contribution < 1.29 is 24.2 Å². The predicted molar refractivity (Wildman–Crippen MR) is 91.8 cm³/mol. The molecular weight excluding hydrogens is 322 g/mol. The number of anilines is 1. The fourth-order valence-corrected chi connectivity index (χ4v) is 2.79. The lowest BCUT2D eigenvalue weighted by Gasteiger charge is -2.12. The Labute approximate surface area is 143 Å². The average molecular weight is 337 g/mol. The van der Waals surface area contributed by atoms with E-state index in [9.17, 15) is 19.5 Å². The molecule has 1 N–H and O–H groups in total. The van der Waals surface area contributed by atoms with E-state index in [4.69, 9.17) is 0 Å². The quantitative estimate of drug-likeness (QED) is 0.517. The first-order valence-electron chi connectivity index (χ1n) is 7.52. The molecule has 0 unspecified atom stereocenters. The first-order chi connectivity index (χ1) is 12.0. The van der Waals surface area contributed by atoms with Gasteiger partial charge in [-0.3, -0.25) is 9.59 Å². The highest BCUT2D eigenvalue weighted by Gasteiger charge is 2.38. The summed E-state index contributed by atoms with van der Waals surface area (Å²) in [6.07, 6.45) is 0. The van der Waals surface area contributed by atoms with E-state index in [0.29, 0.717) is 11.1 Å². The second-order valence-corrected chi connectivity index (χ2v) is 5.47. The van der Waals surface area contributed by atoms with Gasteiger partial charge in [-0.25, -0.2) is 9.69 Å². The lowest BCUT2D eigenvalue weighted by atomic mass is 10.0. The maximum atomic E-state index is 12.7. The Morgan fingerprint density at radius 3 is 2.32 bits per heavy atom. The monoisotopic (exact) mass is 337 g/mol. The van der Waals surface area contributed by atoms with Crippen molar-refractivity contribution in [2.45, 2.75) is 6.92 Å². The van der Waals surface area contributed by atoms with Gasteiger partial charge in [0.25, 0.3) is 5.91 Å². The van der Waals surface area contributed by atoms with Crippen molar-refractivity contribution in [2.75, 3.05) is 12.0 Å². The van der Waals surface area contributed by atoms with Crippen molar-refractivity contribution in [1.82, 2.24) is 0 Å². The Kier molecular flexibility index (Phi) is 4.10. The zero-order valence-corrected chi connectivity index (χ0v) is 13.6. The van der Waals surface area contributed by atoms with Gasteiger partial charge in [-0.05, 0) is 12.1 Å². The van der Waals surface area contributed by atoms with Gasteiger partial charge in [-0.2, -0.15) is 0 Å². The van der Waals surface area contributed by atoms with Crippen molar-refractivity contribution in [3.63, 3.8) is 0 Å². The third-order valence-corrected chi connectivity index (χ3v) is 3.94. The van der Waals surface area contributed by atoms with E-state index in [1.54, 1.807) is 30.3 Å². The summed E-state index contributed by atoms with van der Waals surface area (Å²) < 4.78 is 4.67. The molecule has 1 heterocycles. The van der Waals surface area contributed by atoms with Gasteiger partial charge in [-0.1, -0.05) is 36.4 Å². The maximum absolute atomic E-state index is 12.7. The number of nitrogens with zero attached hydrogens (tertiary/aromatic N) is 1. The smallest absolute Gasteiger partial charge is 0.337 e. The summed E-state index contributed by atoms with van der Waals surface area (Å²) >= 11 is 0. The Bertz CT molecular complexity index is 915. The molecule has 0 spiro atoms. The number of hydrogen-bond donors (Lipinski definition) is 1. The second-order valence-electron chi connectivity index (χ2n) is 5.47. The molecule has 2 aromatic carbocycles. The number of carbonyl (C=O) groups excluding carboxylic acids is 3. The van der Waals surface area contributed by atoms with Gasteiger partial charge in [0, 0.05) is 18.1 Å². The van der Waals surface area contributed by atoms with E-state index in [2.05, 4.69) is 4.74 Å². The fourth-order valence-electron chi connectivity index (χ4n) is 2.79. The minimum absolute atomic E-state index is 0.0211. The number of amides is 2. The number of carbonyl (C=O) groups is 3. The molecule has 0 aliphatic carbocycles. The van der Waals surface area contributed by atoms with Gasteiger partial charge in [-0.15, -0.1) is 0 Å². The van der Waals surface area contributed by atoms with Gasteiger partial charge in [0.15, 0.2) is 0 Å². The van der Waals surface area contributed by atoms with Crippen LogP contribution < -0.4 is 4.90 Å². The minimum atomic E-state index is -0.633. The zero-order valence-electron chi connectivity index (χ0n) is 13.6. The lowest BCUT2D eigenvalue weighted by Crippen LogP contribution is -2.31. The van der Waals surface area contributed by atoms with Crippen molar-refractivity contribution in [3.05, 3.63) is 65.2 Å². The third-order valence-electron chi connectivity index (χ3n) is 3.94. The lowest BCUT2D eigenvalue weighted by molar-refractivity contribution is -0.122. The summed E-state index contributed by atoms with van der Waals surface area (Å²) in [6.45, 7) is 1.25.